The minimum atomic E-state index is 0.175. The van der Waals surface area contributed by atoms with Gasteiger partial charge >= 0.3 is 0 Å². The summed E-state index contributed by atoms with van der Waals surface area (Å²) >= 11 is 1.68. The molecule has 0 radical (unpaired) electrons. The molecule has 2 aromatic rings. The van der Waals surface area contributed by atoms with Crippen LogP contribution in [0.3, 0.4) is 0 Å². The molecule has 0 spiro atoms. The number of Topliss-reactive ketones (excluding diaryl/α,β-unsaturated/α-hetero) is 1. The van der Waals surface area contributed by atoms with Crippen molar-refractivity contribution in [3.8, 4) is 5.75 Å². The predicted molar refractivity (Wildman–Crippen MR) is 87.5 cm³/mol. The van der Waals surface area contributed by atoms with Gasteiger partial charge in [-0.3, -0.25) is 9.69 Å². The van der Waals surface area contributed by atoms with Gasteiger partial charge < -0.3 is 4.74 Å². The van der Waals surface area contributed by atoms with Gasteiger partial charge in [0.05, 0.1) is 13.7 Å². The number of ether oxygens (including phenoxy) is 1. The third-order valence-corrected chi connectivity index (χ3v) is 4.35. The Balaban J connectivity index is 2.03. The smallest absolute Gasteiger partial charge is 0.177 e. The van der Waals surface area contributed by atoms with Crippen LogP contribution in [0.2, 0.25) is 0 Å². The van der Waals surface area contributed by atoms with Gasteiger partial charge in [0.15, 0.2) is 5.78 Å². The largest absolute Gasteiger partial charge is 0.496 e. The summed E-state index contributed by atoms with van der Waals surface area (Å²) in [7, 11) is 3.63. The molecule has 1 aromatic heterocycles. The molecule has 0 unspecified atom stereocenters. The number of aryl methyl sites for hydroxylation is 2. The van der Waals surface area contributed by atoms with Gasteiger partial charge in [-0.05, 0) is 33.0 Å². The highest BCUT2D eigenvalue weighted by atomic mass is 32.1. The highest BCUT2D eigenvalue weighted by molar-refractivity contribution is 7.12. The lowest BCUT2D eigenvalue weighted by Crippen LogP contribution is -2.25. The summed E-state index contributed by atoms with van der Waals surface area (Å²) in [6.07, 6.45) is 0. The summed E-state index contributed by atoms with van der Waals surface area (Å²) in [5.74, 6) is 1.04. The van der Waals surface area contributed by atoms with E-state index in [1.807, 2.05) is 56.1 Å². The molecule has 21 heavy (non-hydrogen) atoms. The Labute approximate surface area is 130 Å². The molecule has 0 aliphatic heterocycles. The van der Waals surface area contributed by atoms with Crippen molar-refractivity contribution in [1.82, 2.24) is 4.90 Å². The summed E-state index contributed by atoms with van der Waals surface area (Å²) < 4.78 is 5.35. The number of hydrogen-bond acceptors (Lipinski definition) is 4. The number of rotatable bonds is 6. The van der Waals surface area contributed by atoms with Crippen molar-refractivity contribution < 1.29 is 9.53 Å². The van der Waals surface area contributed by atoms with Crippen molar-refractivity contribution in [1.29, 1.82) is 0 Å². The molecule has 112 valence electrons. The van der Waals surface area contributed by atoms with Crippen LogP contribution in [0.15, 0.2) is 30.3 Å². The molecule has 0 fully saturated rings. The van der Waals surface area contributed by atoms with Crippen LogP contribution in [0.5, 0.6) is 5.75 Å². The van der Waals surface area contributed by atoms with Crippen LogP contribution in [0.1, 0.15) is 25.7 Å². The summed E-state index contributed by atoms with van der Waals surface area (Å²) in [5, 5.41) is 0. The molecule has 1 heterocycles. The molecule has 0 N–H and O–H groups in total. The van der Waals surface area contributed by atoms with Gasteiger partial charge in [-0.15, -0.1) is 11.3 Å². The maximum Gasteiger partial charge on any atom is 0.177 e. The zero-order chi connectivity index (χ0) is 15.4. The average Bonchev–Trinajstić information content (AvgIpc) is 2.78. The summed E-state index contributed by atoms with van der Waals surface area (Å²) in [6, 6.07) is 9.89. The van der Waals surface area contributed by atoms with Gasteiger partial charge in [0.1, 0.15) is 5.75 Å². The van der Waals surface area contributed by atoms with Crippen LogP contribution in [0.4, 0.5) is 0 Å². The fourth-order valence-electron chi connectivity index (χ4n) is 2.42. The van der Waals surface area contributed by atoms with E-state index in [0.29, 0.717) is 13.1 Å². The van der Waals surface area contributed by atoms with Crippen molar-refractivity contribution in [3.05, 3.63) is 51.2 Å². The van der Waals surface area contributed by atoms with E-state index in [1.165, 1.54) is 4.88 Å². The molecule has 4 heteroatoms. The summed E-state index contributed by atoms with van der Waals surface area (Å²) in [5.41, 5.74) is 1.94. The lowest BCUT2D eigenvalue weighted by molar-refractivity contribution is 0.0942. The Morgan fingerprint density at radius 1 is 1.29 bits per heavy atom. The molecule has 0 saturated heterocycles. The van der Waals surface area contributed by atoms with E-state index in [1.54, 1.807) is 18.4 Å². The molecule has 0 amide bonds. The predicted octanol–water partition coefficient (Wildman–Crippen LogP) is 3.69. The van der Waals surface area contributed by atoms with E-state index in [4.69, 9.17) is 4.74 Å². The highest BCUT2D eigenvalue weighted by Gasteiger charge is 2.15. The van der Waals surface area contributed by atoms with Gasteiger partial charge in [0.2, 0.25) is 0 Å². The van der Waals surface area contributed by atoms with E-state index in [9.17, 15) is 4.79 Å². The fourth-order valence-corrected chi connectivity index (χ4v) is 3.36. The van der Waals surface area contributed by atoms with Crippen LogP contribution in [0.25, 0.3) is 0 Å². The zero-order valence-corrected chi connectivity index (χ0v) is 13.8. The molecule has 0 bridgehead atoms. The molecule has 2 rings (SSSR count). The number of likely N-dealkylation sites (N-methyl/N-ethyl adjacent to an activating group) is 1. The molecule has 1 aromatic carbocycles. The fraction of sp³-hybridized carbons (Fsp3) is 0.353. The van der Waals surface area contributed by atoms with E-state index in [0.717, 1.165) is 21.8 Å². The SMILES string of the molecule is COc1ccccc1CN(C)CC(=O)c1cc(C)sc1C. The molecule has 0 saturated carbocycles. The number of nitrogens with zero attached hydrogens (tertiary/aromatic N) is 1. The molecule has 0 aliphatic rings. The first kappa shape index (κ1) is 15.7. The van der Waals surface area contributed by atoms with Gasteiger partial charge in [0, 0.05) is 27.4 Å². The monoisotopic (exact) mass is 303 g/mol. The average molecular weight is 303 g/mol. The minimum Gasteiger partial charge on any atom is -0.496 e. The quantitative estimate of drug-likeness (QED) is 0.762. The number of thiophene rings is 1. The first-order chi connectivity index (χ1) is 10.0. The minimum absolute atomic E-state index is 0.175. The van der Waals surface area contributed by atoms with Crippen molar-refractivity contribution in [3.63, 3.8) is 0 Å². The lowest BCUT2D eigenvalue weighted by Gasteiger charge is -2.17. The second-order valence-corrected chi connectivity index (χ2v) is 6.69. The lowest BCUT2D eigenvalue weighted by atomic mass is 10.1. The van der Waals surface area contributed by atoms with Gasteiger partial charge in [0.25, 0.3) is 0 Å². The van der Waals surface area contributed by atoms with Crippen LogP contribution >= 0.6 is 11.3 Å². The van der Waals surface area contributed by atoms with Gasteiger partial charge in [-0.2, -0.15) is 0 Å². The molecular formula is C17H21NO2S. The Morgan fingerprint density at radius 2 is 2.00 bits per heavy atom. The van der Waals surface area contributed by atoms with Crippen molar-refractivity contribution in [2.45, 2.75) is 20.4 Å². The number of ketones is 1. The zero-order valence-electron chi connectivity index (χ0n) is 13.0. The second kappa shape index (κ2) is 6.87. The highest BCUT2D eigenvalue weighted by Crippen LogP contribution is 2.22. The summed E-state index contributed by atoms with van der Waals surface area (Å²) in [6.45, 7) is 5.14. The van der Waals surface area contributed by atoms with Crippen LogP contribution < -0.4 is 4.74 Å². The first-order valence-electron chi connectivity index (χ1n) is 6.92. The van der Waals surface area contributed by atoms with Crippen molar-refractivity contribution in [2.24, 2.45) is 0 Å². The Morgan fingerprint density at radius 3 is 2.62 bits per heavy atom. The number of hydrogen-bond donors (Lipinski definition) is 0. The first-order valence-corrected chi connectivity index (χ1v) is 7.73. The molecule has 3 nitrogen and oxygen atoms in total. The Kier molecular flexibility index (Phi) is 5.15. The standard InChI is InChI=1S/C17H21NO2S/c1-12-9-15(13(2)21-12)16(19)11-18(3)10-14-7-5-6-8-17(14)20-4/h5-9H,10-11H2,1-4H3. The van der Waals surface area contributed by atoms with Crippen molar-refractivity contribution >= 4 is 17.1 Å². The molecule has 0 atom stereocenters. The van der Waals surface area contributed by atoms with E-state index >= 15 is 0 Å². The van der Waals surface area contributed by atoms with Crippen molar-refractivity contribution in [2.75, 3.05) is 20.7 Å². The second-order valence-electron chi connectivity index (χ2n) is 5.23. The van der Waals surface area contributed by atoms with E-state index in [-0.39, 0.29) is 5.78 Å². The third kappa shape index (κ3) is 3.93. The Bertz CT molecular complexity index is 633. The van der Waals surface area contributed by atoms with Gasteiger partial charge in [-0.1, -0.05) is 18.2 Å². The number of methoxy groups -OCH3 is 1. The maximum absolute atomic E-state index is 12.4. The molecule has 0 aliphatic carbocycles. The maximum atomic E-state index is 12.4. The van der Waals surface area contributed by atoms with Crippen LogP contribution in [-0.2, 0) is 6.54 Å². The number of carbonyl (C=O) groups excluding carboxylic acids is 1. The van der Waals surface area contributed by atoms with Gasteiger partial charge in [-0.25, -0.2) is 0 Å². The Hall–Kier alpha value is -1.65. The van der Waals surface area contributed by atoms with E-state index in [2.05, 4.69) is 0 Å². The van der Waals surface area contributed by atoms with E-state index < -0.39 is 0 Å². The topological polar surface area (TPSA) is 29.5 Å². The van der Waals surface area contributed by atoms with Crippen LogP contribution in [-0.4, -0.2) is 31.4 Å². The number of benzene rings is 1. The number of carbonyl (C=O) groups is 1. The normalized spacial score (nSPS) is 10.9. The van der Waals surface area contributed by atoms with Crippen LogP contribution in [0, 0.1) is 13.8 Å². The third-order valence-electron chi connectivity index (χ3n) is 3.39. The number of para-hydroxylation sites is 1. The summed E-state index contributed by atoms with van der Waals surface area (Å²) in [4.78, 5) is 16.7. The molecular weight excluding hydrogens is 282 g/mol.